The van der Waals surface area contributed by atoms with Gasteiger partial charge < -0.3 is 10.2 Å². The van der Waals surface area contributed by atoms with E-state index >= 15 is 0 Å². The van der Waals surface area contributed by atoms with Gasteiger partial charge in [-0.1, -0.05) is 65.3 Å². The van der Waals surface area contributed by atoms with E-state index in [0.29, 0.717) is 11.5 Å². The summed E-state index contributed by atoms with van der Waals surface area (Å²) in [7, 11) is 0. The maximum Gasteiger partial charge on any atom is 0.190 e. The van der Waals surface area contributed by atoms with Crippen LogP contribution >= 0.6 is 0 Å². The van der Waals surface area contributed by atoms with Crippen LogP contribution in [0.5, 0.6) is 5.75 Å². The molecule has 1 aromatic carbocycles. The fraction of sp³-hybridized carbons (Fsp3) is 0.559. The molecule has 0 amide bonds. The molecule has 6 atom stereocenters. The second-order valence-electron chi connectivity index (χ2n) is 14.1. The number of phenolic OH excluding ortho intramolecular Hbond substituents is 1. The summed E-state index contributed by atoms with van der Waals surface area (Å²) >= 11 is 0. The van der Waals surface area contributed by atoms with Gasteiger partial charge in [0.05, 0.1) is 11.5 Å². The van der Waals surface area contributed by atoms with Gasteiger partial charge in [-0.05, 0) is 72.6 Å². The van der Waals surface area contributed by atoms with Crippen molar-refractivity contribution in [3.63, 3.8) is 0 Å². The molecule has 7 nitrogen and oxygen atoms in total. The molecule has 0 aromatic heterocycles. The van der Waals surface area contributed by atoms with Crippen LogP contribution in [0.4, 0.5) is 0 Å². The van der Waals surface area contributed by atoms with Gasteiger partial charge >= 0.3 is 0 Å². The van der Waals surface area contributed by atoms with Crippen molar-refractivity contribution in [3.8, 4) is 5.75 Å². The van der Waals surface area contributed by atoms with Crippen LogP contribution in [0.25, 0.3) is 5.57 Å². The molecule has 0 radical (unpaired) electrons. The lowest BCUT2D eigenvalue weighted by Gasteiger charge is -2.61. The Kier molecular flexibility index (Phi) is 6.73. The summed E-state index contributed by atoms with van der Waals surface area (Å²) in [6, 6.07) is 3.28. The highest BCUT2D eigenvalue weighted by Gasteiger charge is 2.76. The second kappa shape index (κ2) is 9.41. The average Bonchev–Trinajstić information content (AvgIpc) is 3.28. The summed E-state index contributed by atoms with van der Waals surface area (Å²) in [5.74, 6) is -8.24. The highest BCUT2D eigenvalue weighted by molar-refractivity contribution is 6.32. The van der Waals surface area contributed by atoms with E-state index in [4.69, 9.17) is 0 Å². The van der Waals surface area contributed by atoms with Gasteiger partial charge in [0.25, 0.3) is 0 Å². The topological polar surface area (TPSA) is 126 Å². The smallest absolute Gasteiger partial charge is 0.190 e. The molecule has 2 saturated carbocycles. The molecular weight excluding hydrogens is 520 g/mol. The van der Waals surface area contributed by atoms with E-state index in [1.807, 2.05) is 19.1 Å². The number of carbonyl (C=O) groups is 5. The number of rotatable bonds is 5. The number of fused-ring (bicyclic) bond motifs is 3. The number of carbonyl (C=O) groups excluding carboxylic acids is 5. The third-order valence-corrected chi connectivity index (χ3v) is 10.2. The van der Waals surface area contributed by atoms with Crippen LogP contribution in [0.3, 0.4) is 0 Å². The molecule has 0 aliphatic heterocycles. The lowest BCUT2D eigenvalue weighted by atomic mass is 9.40. The van der Waals surface area contributed by atoms with Gasteiger partial charge in [-0.25, -0.2) is 0 Å². The van der Waals surface area contributed by atoms with Crippen molar-refractivity contribution < 1.29 is 34.2 Å². The van der Waals surface area contributed by atoms with E-state index in [9.17, 15) is 34.2 Å². The molecule has 41 heavy (non-hydrogen) atoms. The van der Waals surface area contributed by atoms with Crippen molar-refractivity contribution in [1.82, 2.24) is 0 Å². The van der Waals surface area contributed by atoms with Crippen molar-refractivity contribution in [3.05, 3.63) is 46.5 Å². The highest BCUT2D eigenvalue weighted by Crippen LogP contribution is 2.64. The standard InChI is InChI=1S/C34H40O7/c1-16(2)12-19-8-9-20(13-19)21-10-11-23(36)25-22(21)14-32(6)15-33(7)26(17(3)4)28(37)24(18(5)35)30(39)34(33,41)31(40)27(32)29(25)38/h8-11,16-17,24,26-27,36,41H,12-15H2,1-7H3/t24?,26?,27?,32-,33-,34+/m1/s1. The van der Waals surface area contributed by atoms with E-state index in [-0.39, 0.29) is 30.1 Å². The van der Waals surface area contributed by atoms with Gasteiger partial charge in [-0.15, -0.1) is 0 Å². The second-order valence-corrected chi connectivity index (χ2v) is 14.1. The van der Waals surface area contributed by atoms with E-state index in [2.05, 4.69) is 19.9 Å². The zero-order valence-corrected chi connectivity index (χ0v) is 25.0. The first kappa shape index (κ1) is 29.3. The summed E-state index contributed by atoms with van der Waals surface area (Å²) in [6.45, 7) is 12.4. The van der Waals surface area contributed by atoms with Crippen LogP contribution in [-0.4, -0.2) is 44.7 Å². The highest BCUT2D eigenvalue weighted by atomic mass is 16.3. The van der Waals surface area contributed by atoms with Crippen LogP contribution in [-0.2, 0) is 25.6 Å². The molecule has 2 N–H and O–H groups in total. The lowest BCUT2D eigenvalue weighted by Crippen LogP contribution is -2.76. The number of ketones is 5. The number of Topliss-reactive ketones (excluding diaryl/α,β-unsaturated/α-hetero) is 5. The Hall–Kier alpha value is -3.19. The molecular formula is C34H40O7. The Morgan fingerprint density at radius 3 is 2.27 bits per heavy atom. The van der Waals surface area contributed by atoms with E-state index < -0.39 is 63.1 Å². The van der Waals surface area contributed by atoms with E-state index in [1.54, 1.807) is 20.8 Å². The molecule has 5 rings (SSSR count). The summed E-state index contributed by atoms with van der Waals surface area (Å²) in [5, 5.41) is 23.0. The first-order valence-corrected chi connectivity index (χ1v) is 14.6. The zero-order valence-electron chi connectivity index (χ0n) is 25.0. The maximum absolute atomic E-state index is 14.4. The fourth-order valence-corrected chi connectivity index (χ4v) is 8.87. The molecule has 0 heterocycles. The summed E-state index contributed by atoms with van der Waals surface area (Å²) < 4.78 is 0. The van der Waals surface area contributed by atoms with Gasteiger partial charge in [0.1, 0.15) is 17.5 Å². The minimum Gasteiger partial charge on any atom is -0.507 e. The van der Waals surface area contributed by atoms with Crippen molar-refractivity contribution in [1.29, 1.82) is 0 Å². The number of hydrogen-bond donors (Lipinski definition) is 2. The molecule has 7 heteroatoms. The summed E-state index contributed by atoms with van der Waals surface area (Å²) in [5.41, 5.74) is -1.38. The number of hydrogen-bond acceptors (Lipinski definition) is 7. The number of benzene rings is 1. The normalized spacial score (nSPS) is 34.8. The fourth-order valence-electron chi connectivity index (χ4n) is 8.87. The molecule has 4 aliphatic rings. The summed E-state index contributed by atoms with van der Waals surface area (Å²) in [4.78, 5) is 68.5. The number of aliphatic hydroxyl groups is 1. The quantitative estimate of drug-likeness (QED) is 0.493. The van der Waals surface area contributed by atoms with E-state index in [1.165, 1.54) is 11.6 Å². The van der Waals surface area contributed by atoms with Gasteiger partial charge in [0.2, 0.25) is 0 Å². The predicted molar refractivity (Wildman–Crippen MR) is 153 cm³/mol. The van der Waals surface area contributed by atoms with Crippen LogP contribution in [0.15, 0.2) is 29.9 Å². The lowest BCUT2D eigenvalue weighted by molar-refractivity contribution is -0.205. The van der Waals surface area contributed by atoms with Crippen LogP contribution in [0.2, 0.25) is 0 Å². The predicted octanol–water partition coefficient (Wildman–Crippen LogP) is 4.85. The van der Waals surface area contributed by atoms with Gasteiger partial charge in [-0.2, -0.15) is 0 Å². The van der Waals surface area contributed by atoms with Crippen molar-refractivity contribution in [2.75, 3.05) is 0 Å². The number of allylic oxidation sites excluding steroid dienone is 4. The number of phenols is 1. The van der Waals surface area contributed by atoms with Crippen molar-refractivity contribution in [2.45, 2.75) is 79.8 Å². The SMILES string of the molecule is CC(=O)C1C(=O)C(C(C)C)[C@@]2(C)C[C@@]3(C)Cc4c(C5=CC=C(CC(C)C)C5)ccc(O)c4C(=O)C3C(=O)[C@@]2(O)C1=O. The molecule has 0 saturated heterocycles. The molecule has 218 valence electrons. The Morgan fingerprint density at radius 2 is 1.68 bits per heavy atom. The Labute approximate surface area is 241 Å². The minimum absolute atomic E-state index is 0.0478. The largest absolute Gasteiger partial charge is 0.507 e. The first-order chi connectivity index (χ1) is 19.0. The third kappa shape index (κ3) is 3.91. The van der Waals surface area contributed by atoms with Crippen molar-refractivity contribution in [2.24, 2.45) is 40.4 Å². The first-order valence-electron chi connectivity index (χ1n) is 14.6. The van der Waals surface area contributed by atoms with E-state index in [0.717, 1.165) is 30.9 Å². The van der Waals surface area contributed by atoms with Crippen molar-refractivity contribution >= 4 is 34.5 Å². The molecule has 4 aliphatic carbocycles. The molecule has 3 unspecified atom stereocenters. The number of aromatic hydroxyl groups is 1. The molecule has 2 fully saturated rings. The van der Waals surface area contributed by atoms with Crippen LogP contribution in [0, 0.1) is 40.4 Å². The maximum atomic E-state index is 14.4. The molecule has 0 bridgehead atoms. The summed E-state index contributed by atoms with van der Waals surface area (Å²) in [6.07, 6.45) is 6.13. The van der Waals surface area contributed by atoms with Gasteiger partial charge in [0.15, 0.2) is 28.7 Å². The van der Waals surface area contributed by atoms with Crippen LogP contribution < -0.4 is 0 Å². The Morgan fingerprint density at radius 1 is 1.02 bits per heavy atom. The zero-order chi connectivity index (χ0) is 30.4. The minimum atomic E-state index is -2.68. The van der Waals surface area contributed by atoms with Crippen LogP contribution in [0.1, 0.15) is 89.2 Å². The third-order valence-electron chi connectivity index (χ3n) is 10.2. The Balaban J connectivity index is 1.66. The Bertz CT molecular complexity index is 1480. The van der Waals surface area contributed by atoms with Gasteiger partial charge in [0, 0.05) is 11.3 Å². The monoisotopic (exact) mass is 560 g/mol. The van der Waals surface area contributed by atoms with Gasteiger partial charge in [-0.3, -0.25) is 24.0 Å². The molecule has 1 aromatic rings. The average molecular weight is 561 g/mol. The molecule has 0 spiro atoms.